The van der Waals surface area contributed by atoms with E-state index in [1.807, 2.05) is 0 Å². The highest BCUT2D eigenvalue weighted by Gasteiger charge is 2.43. The summed E-state index contributed by atoms with van der Waals surface area (Å²) in [6.07, 6.45) is -5.81. The van der Waals surface area contributed by atoms with Gasteiger partial charge in [-0.1, -0.05) is 48.5 Å². The first-order valence-corrected chi connectivity index (χ1v) is 10.7. The summed E-state index contributed by atoms with van der Waals surface area (Å²) in [5.41, 5.74) is -7.15. The Hall–Kier alpha value is -4.22. The van der Waals surface area contributed by atoms with Crippen molar-refractivity contribution in [3.63, 3.8) is 0 Å². The summed E-state index contributed by atoms with van der Waals surface area (Å²) in [6, 6.07) is 9.05. The molecule has 5 aromatic rings. The predicted molar refractivity (Wildman–Crippen MR) is 117 cm³/mol. The quantitative estimate of drug-likeness (QED) is 0.0873. The highest BCUT2D eigenvalue weighted by molar-refractivity contribution is 6.21. The molecular weight excluding hydrogens is 552 g/mol. The van der Waals surface area contributed by atoms with Gasteiger partial charge in [0, 0.05) is 11.1 Å². The smallest absolute Gasteiger partial charge is 0.203 e. The lowest BCUT2D eigenvalue weighted by Gasteiger charge is -2.20. The molecule has 0 unspecified atom stereocenters. The SMILES string of the molecule is Fc1c(F)c(F)c(-c2c3ccccc3c(-c3c(F)c(F)c(C(F)(F)F)c(F)c3F)c3ccccc23)c(F)c1F. The molecule has 0 heterocycles. The number of fused-ring (bicyclic) bond motifs is 2. The van der Waals surface area contributed by atoms with Gasteiger partial charge in [-0.3, -0.25) is 0 Å². The van der Waals surface area contributed by atoms with Crippen LogP contribution in [0.2, 0.25) is 0 Å². The van der Waals surface area contributed by atoms with Crippen LogP contribution in [-0.4, -0.2) is 0 Å². The van der Waals surface area contributed by atoms with Crippen LogP contribution in [0.1, 0.15) is 5.56 Å². The van der Waals surface area contributed by atoms with E-state index in [-0.39, 0.29) is 0 Å². The van der Waals surface area contributed by atoms with E-state index in [0.29, 0.717) is 0 Å². The van der Waals surface area contributed by atoms with Gasteiger partial charge in [0.25, 0.3) is 0 Å². The summed E-state index contributed by atoms with van der Waals surface area (Å²) in [7, 11) is 0. The zero-order chi connectivity index (χ0) is 28.5. The molecule has 0 aliphatic carbocycles. The third-order valence-corrected chi connectivity index (χ3v) is 6.19. The van der Waals surface area contributed by atoms with Crippen LogP contribution in [0.4, 0.5) is 52.7 Å². The van der Waals surface area contributed by atoms with Gasteiger partial charge in [0.1, 0.15) is 5.56 Å². The van der Waals surface area contributed by atoms with Crippen molar-refractivity contribution in [1.82, 2.24) is 0 Å². The van der Waals surface area contributed by atoms with Gasteiger partial charge >= 0.3 is 6.18 Å². The largest absolute Gasteiger partial charge is 0.422 e. The molecule has 0 bridgehead atoms. The van der Waals surface area contributed by atoms with Crippen molar-refractivity contribution in [2.45, 2.75) is 6.18 Å². The Balaban J connectivity index is 2.04. The second kappa shape index (κ2) is 8.92. The standard InChI is InChI=1S/C27H8F12/c28-18-15(19(29)23(33)17(22(18)32)27(37,38)39)13-9-5-1-3-7-11(9)14(12-8-4-2-6-10(12)13)16-20(30)24(34)26(36)25(35)21(16)31/h1-8H. The fraction of sp³-hybridized carbons (Fsp3) is 0.0370. The molecule has 0 radical (unpaired) electrons. The van der Waals surface area contributed by atoms with E-state index < -0.39 is 108 Å². The highest BCUT2D eigenvalue weighted by Crippen LogP contribution is 2.48. The monoisotopic (exact) mass is 560 g/mol. The molecular formula is C27H8F12. The number of rotatable bonds is 2. The average molecular weight is 560 g/mol. The van der Waals surface area contributed by atoms with Gasteiger partial charge in [-0.25, -0.2) is 39.5 Å². The molecule has 5 rings (SSSR count). The molecule has 0 saturated carbocycles. The number of hydrogen-bond acceptors (Lipinski definition) is 0. The molecule has 0 aliphatic rings. The number of halogens is 12. The molecule has 12 heteroatoms. The first-order chi connectivity index (χ1) is 18.3. The molecule has 0 fully saturated rings. The molecule has 200 valence electrons. The molecule has 0 atom stereocenters. The van der Waals surface area contributed by atoms with Gasteiger partial charge in [0.05, 0.1) is 11.1 Å². The maximum atomic E-state index is 15.1. The second-order valence-electron chi connectivity index (χ2n) is 8.29. The Labute approximate surface area is 209 Å². The lowest BCUT2D eigenvalue weighted by molar-refractivity contribution is -0.143. The third kappa shape index (κ3) is 3.72. The summed E-state index contributed by atoms with van der Waals surface area (Å²) >= 11 is 0. The van der Waals surface area contributed by atoms with Crippen LogP contribution in [0.5, 0.6) is 0 Å². The van der Waals surface area contributed by atoms with Crippen molar-refractivity contribution in [2.75, 3.05) is 0 Å². The van der Waals surface area contributed by atoms with Crippen molar-refractivity contribution in [2.24, 2.45) is 0 Å². The van der Waals surface area contributed by atoms with Crippen LogP contribution in [-0.2, 0) is 6.18 Å². The summed E-state index contributed by atoms with van der Waals surface area (Å²) in [4.78, 5) is 0. The van der Waals surface area contributed by atoms with Gasteiger partial charge in [0.15, 0.2) is 46.5 Å². The molecule has 39 heavy (non-hydrogen) atoms. The molecule has 0 nitrogen and oxygen atoms in total. The van der Waals surface area contributed by atoms with Crippen molar-refractivity contribution in [3.05, 3.63) is 106 Å². The summed E-state index contributed by atoms with van der Waals surface area (Å²) in [5.74, 6) is -21.8. The maximum Gasteiger partial charge on any atom is 0.422 e. The van der Waals surface area contributed by atoms with E-state index in [4.69, 9.17) is 0 Å². The fourth-order valence-corrected chi connectivity index (χ4v) is 4.59. The molecule has 0 saturated heterocycles. The molecule has 0 N–H and O–H groups in total. The van der Waals surface area contributed by atoms with Gasteiger partial charge in [-0.2, -0.15) is 13.2 Å². The second-order valence-corrected chi connectivity index (χ2v) is 8.29. The highest BCUT2D eigenvalue weighted by atomic mass is 19.4. The van der Waals surface area contributed by atoms with Gasteiger partial charge in [0.2, 0.25) is 5.82 Å². The van der Waals surface area contributed by atoms with E-state index in [1.165, 1.54) is 24.3 Å². The van der Waals surface area contributed by atoms with Crippen LogP contribution < -0.4 is 0 Å². The minimum absolute atomic E-state index is 0.395. The van der Waals surface area contributed by atoms with Gasteiger partial charge in [-0.05, 0) is 21.5 Å². The van der Waals surface area contributed by atoms with Crippen LogP contribution in [0.15, 0.2) is 48.5 Å². The third-order valence-electron chi connectivity index (χ3n) is 6.19. The predicted octanol–water partition coefficient (Wildman–Crippen LogP) is 9.60. The van der Waals surface area contributed by atoms with Crippen LogP contribution in [0, 0.1) is 52.4 Å². The number of hydrogen-bond donors (Lipinski definition) is 0. The van der Waals surface area contributed by atoms with Crippen molar-refractivity contribution in [3.8, 4) is 22.3 Å². The van der Waals surface area contributed by atoms with Crippen molar-refractivity contribution >= 4 is 21.5 Å². The molecule has 0 aromatic heterocycles. The van der Waals surface area contributed by atoms with Gasteiger partial charge in [-0.15, -0.1) is 0 Å². The zero-order valence-corrected chi connectivity index (χ0v) is 18.7. The molecule has 0 aliphatic heterocycles. The van der Waals surface area contributed by atoms with E-state index in [0.717, 1.165) is 24.3 Å². The minimum atomic E-state index is -5.81. The van der Waals surface area contributed by atoms with E-state index in [9.17, 15) is 43.9 Å². The van der Waals surface area contributed by atoms with Crippen LogP contribution in [0.3, 0.4) is 0 Å². The summed E-state index contributed by atoms with van der Waals surface area (Å²) in [5, 5.41) is -1.64. The van der Waals surface area contributed by atoms with Crippen LogP contribution in [0.25, 0.3) is 43.8 Å². The normalized spacial score (nSPS) is 12.1. The average Bonchev–Trinajstić information content (AvgIpc) is 2.90. The van der Waals surface area contributed by atoms with Crippen LogP contribution >= 0.6 is 0 Å². The summed E-state index contributed by atoms with van der Waals surface area (Å²) < 4.78 is 171. The van der Waals surface area contributed by atoms with Crippen molar-refractivity contribution in [1.29, 1.82) is 0 Å². The van der Waals surface area contributed by atoms with Crippen molar-refractivity contribution < 1.29 is 52.7 Å². The molecule has 0 spiro atoms. The Kier molecular flexibility index (Phi) is 6.04. The molecule has 0 amide bonds. The fourth-order valence-electron chi connectivity index (χ4n) is 4.59. The Bertz CT molecular complexity index is 1720. The lowest BCUT2D eigenvalue weighted by Crippen LogP contribution is -2.16. The summed E-state index contributed by atoms with van der Waals surface area (Å²) in [6.45, 7) is 0. The first-order valence-electron chi connectivity index (χ1n) is 10.7. The topological polar surface area (TPSA) is 0 Å². The Morgan fingerprint density at radius 1 is 0.333 bits per heavy atom. The minimum Gasteiger partial charge on any atom is -0.203 e. The number of benzene rings is 5. The molecule has 5 aromatic carbocycles. The number of alkyl halides is 3. The van der Waals surface area contributed by atoms with Gasteiger partial charge < -0.3 is 0 Å². The maximum absolute atomic E-state index is 15.1. The Morgan fingerprint density at radius 2 is 0.590 bits per heavy atom. The van der Waals surface area contributed by atoms with E-state index in [1.54, 1.807) is 0 Å². The zero-order valence-electron chi connectivity index (χ0n) is 18.7. The Morgan fingerprint density at radius 3 is 0.872 bits per heavy atom. The lowest BCUT2D eigenvalue weighted by atomic mass is 9.85. The van der Waals surface area contributed by atoms with E-state index >= 15 is 8.78 Å². The van der Waals surface area contributed by atoms with E-state index in [2.05, 4.69) is 0 Å². The first kappa shape index (κ1) is 26.4.